The molecule has 0 bridgehead atoms. The molecule has 2 aliphatic rings. The number of carbonyl (C=O) groups is 1. The first kappa shape index (κ1) is 16.3. The van der Waals surface area contributed by atoms with E-state index in [9.17, 15) is 9.90 Å². The maximum Gasteiger partial charge on any atom is 0.229 e. The molecule has 0 aliphatic carbocycles. The molecule has 0 unspecified atom stereocenters. The van der Waals surface area contributed by atoms with E-state index >= 15 is 0 Å². The molecule has 6 heteroatoms. The number of aromatic amines is 1. The van der Waals surface area contributed by atoms with Gasteiger partial charge in [-0.1, -0.05) is 30.3 Å². The zero-order chi connectivity index (χ0) is 17.4. The summed E-state index contributed by atoms with van der Waals surface area (Å²) in [6.45, 7) is 2.70. The maximum absolute atomic E-state index is 13.0. The second kappa shape index (κ2) is 6.61. The molecule has 6 nitrogen and oxygen atoms in total. The lowest BCUT2D eigenvalue weighted by molar-refractivity contribution is -0.143. The maximum atomic E-state index is 13.0. The molecule has 0 spiro atoms. The Hall–Kier alpha value is -2.18. The van der Waals surface area contributed by atoms with Gasteiger partial charge in [-0.05, 0) is 13.5 Å². The van der Waals surface area contributed by atoms with Crippen LogP contribution in [0.1, 0.15) is 17.7 Å². The number of hydrogen-bond donors (Lipinski definition) is 2. The van der Waals surface area contributed by atoms with Crippen LogP contribution in [0.4, 0.5) is 0 Å². The van der Waals surface area contributed by atoms with Gasteiger partial charge in [0.2, 0.25) is 5.91 Å². The summed E-state index contributed by atoms with van der Waals surface area (Å²) < 4.78 is 0. The van der Waals surface area contributed by atoms with Crippen LogP contribution in [0, 0.1) is 5.92 Å². The third kappa shape index (κ3) is 3.07. The number of nitrogens with one attached hydrogen (secondary N) is 1. The Morgan fingerprint density at radius 3 is 2.88 bits per heavy atom. The zero-order valence-electron chi connectivity index (χ0n) is 14.5. The monoisotopic (exact) mass is 340 g/mol. The number of fused-ring (bicyclic) bond motifs is 1. The highest BCUT2D eigenvalue weighted by atomic mass is 16.3. The highest BCUT2D eigenvalue weighted by Crippen LogP contribution is 2.29. The number of carbonyl (C=O) groups excluding carboxylic acids is 1. The van der Waals surface area contributed by atoms with Crippen LogP contribution in [-0.2, 0) is 17.8 Å². The largest absolute Gasteiger partial charge is 0.392 e. The normalized spacial score (nSPS) is 24.2. The zero-order valence-corrected chi connectivity index (χ0v) is 14.5. The standard InChI is InChI=1S/C19H24N4O2/c1-22-9-8-17(24)15(11-22)19(25)23-10-7-16-14(12-23)18(21-20-16)13-5-3-2-4-6-13/h2-6,15,17,24H,7-12H2,1H3,(H,20,21)/t15-,17+/m1/s1. The van der Waals surface area contributed by atoms with Gasteiger partial charge in [-0.25, -0.2) is 0 Å². The average Bonchev–Trinajstić information content (AvgIpc) is 3.07. The molecular weight excluding hydrogens is 316 g/mol. The summed E-state index contributed by atoms with van der Waals surface area (Å²) in [4.78, 5) is 17.0. The number of nitrogens with zero attached hydrogens (tertiary/aromatic N) is 3. The minimum absolute atomic E-state index is 0.0601. The van der Waals surface area contributed by atoms with E-state index in [2.05, 4.69) is 15.1 Å². The second-order valence-electron chi connectivity index (χ2n) is 7.13. The van der Waals surface area contributed by atoms with Crippen LogP contribution in [0.15, 0.2) is 30.3 Å². The minimum atomic E-state index is -0.539. The van der Waals surface area contributed by atoms with Gasteiger partial charge in [-0.3, -0.25) is 9.89 Å². The van der Waals surface area contributed by atoms with Crippen molar-refractivity contribution >= 4 is 5.91 Å². The van der Waals surface area contributed by atoms with Gasteiger partial charge >= 0.3 is 0 Å². The Kier molecular flexibility index (Phi) is 4.31. The first-order valence-electron chi connectivity index (χ1n) is 8.90. The number of hydrogen-bond acceptors (Lipinski definition) is 4. The molecule has 0 saturated carbocycles. The molecule has 2 aliphatic heterocycles. The van der Waals surface area contributed by atoms with Crippen molar-refractivity contribution in [2.24, 2.45) is 5.92 Å². The van der Waals surface area contributed by atoms with Crippen molar-refractivity contribution in [1.82, 2.24) is 20.0 Å². The third-order valence-electron chi connectivity index (χ3n) is 5.39. The summed E-state index contributed by atoms with van der Waals surface area (Å²) in [5, 5.41) is 17.9. The third-order valence-corrected chi connectivity index (χ3v) is 5.39. The number of aromatic nitrogens is 2. The van der Waals surface area contributed by atoms with Crippen LogP contribution in [-0.4, -0.2) is 63.8 Å². The van der Waals surface area contributed by atoms with Crippen LogP contribution in [0.5, 0.6) is 0 Å². The molecular formula is C19H24N4O2. The predicted molar refractivity (Wildman–Crippen MR) is 94.8 cm³/mol. The summed E-state index contributed by atoms with van der Waals surface area (Å²) in [7, 11) is 2.00. The van der Waals surface area contributed by atoms with Crippen molar-refractivity contribution in [3.05, 3.63) is 41.6 Å². The average molecular weight is 340 g/mol. The van der Waals surface area contributed by atoms with Gasteiger partial charge in [0, 0.05) is 49.4 Å². The molecule has 1 aromatic heterocycles. The van der Waals surface area contributed by atoms with E-state index in [4.69, 9.17) is 0 Å². The number of rotatable bonds is 2. The van der Waals surface area contributed by atoms with E-state index in [-0.39, 0.29) is 11.8 Å². The number of likely N-dealkylation sites (tertiary alicyclic amines) is 1. The first-order valence-corrected chi connectivity index (χ1v) is 8.90. The number of amides is 1. The van der Waals surface area contributed by atoms with Crippen LogP contribution < -0.4 is 0 Å². The van der Waals surface area contributed by atoms with Gasteiger partial charge in [0.25, 0.3) is 0 Å². The van der Waals surface area contributed by atoms with Gasteiger partial charge < -0.3 is 14.9 Å². The van der Waals surface area contributed by atoms with Gasteiger partial charge in [0.1, 0.15) is 0 Å². The molecule has 1 fully saturated rings. The highest BCUT2D eigenvalue weighted by Gasteiger charge is 2.36. The number of aliphatic hydroxyl groups excluding tert-OH is 1. The van der Waals surface area contributed by atoms with Crippen molar-refractivity contribution in [3.63, 3.8) is 0 Å². The van der Waals surface area contributed by atoms with Crippen LogP contribution in [0.2, 0.25) is 0 Å². The summed E-state index contributed by atoms with van der Waals surface area (Å²) in [5.74, 6) is -0.266. The lowest BCUT2D eigenvalue weighted by Gasteiger charge is -2.37. The van der Waals surface area contributed by atoms with Crippen molar-refractivity contribution in [3.8, 4) is 11.3 Å². The summed E-state index contributed by atoms with van der Waals surface area (Å²) in [6, 6.07) is 10.1. The van der Waals surface area contributed by atoms with Crippen molar-refractivity contribution in [2.45, 2.75) is 25.5 Å². The van der Waals surface area contributed by atoms with Crippen molar-refractivity contribution in [2.75, 3.05) is 26.7 Å². The molecule has 2 N–H and O–H groups in total. The van der Waals surface area contributed by atoms with Crippen LogP contribution in [0.3, 0.4) is 0 Å². The van der Waals surface area contributed by atoms with E-state index < -0.39 is 6.10 Å². The fourth-order valence-corrected chi connectivity index (χ4v) is 3.90. The molecule has 25 heavy (non-hydrogen) atoms. The molecule has 4 rings (SSSR count). The van der Waals surface area contributed by atoms with Gasteiger partial charge in [-0.2, -0.15) is 5.10 Å². The Morgan fingerprint density at radius 1 is 1.28 bits per heavy atom. The number of H-pyrrole nitrogens is 1. The topological polar surface area (TPSA) is 72.5 Å². The van der Waals surface area contributed by atoms with E-state index in [1.165, 1.54) is 0 Å². The minimum Gasteiger partial charge on any atom is -0.392 e. The highest BCUT2D eigenvalue weighted by molar-refractivity contribution is 5.80. The van der Waals surface area contributed by atoms with Gasteiger partial charge in [0.05, 0.1) is 17.7 Å². The summed E-state index contributed by atoms with van der Waals surface area (Å²) in [5.41, 5.74) is 4.20. The van der Waals surface area contributed by atoms with E-state index in [1.807, 2.05) is 42.3 Å². The smallest absolute Gasteiger partial charge is 0.229 e. The molecule has 1 saturated heterocycles. The van der Waals surface area contributed by atoms with E-state index in [1.54, 1.807) is 0 Å². The Bertz CT molecular complexity index is 758. The van der Waals surface area contributed by atoms with Crippen molar-refractivity contribution in [1.29, 1.82) is 0 Å². The fraction of sp³-hybridized carbons (Fsp3) is 0.474. The van der Waals surface area contributed by atoms with Crippen molar-refractivity contribution < 1.29 is 9.90 Å². The summed E-state index contributed by atoms with van der Waals surface area (Å²) >= 11 is 0. The fourth-order valence-electron chi connectivity index (χ4n) is 3.90. The summed E-state index contributed by atoms with van der Waals surface area (Å²) in [6.07, 6.45) is 0.898. The van der Waals surface area contributed by atoms with Gasteiger partial charge in [0.15, 0.2) is 0 Å². The lowest BCUT2D eigenvalue weighted by atomic mass is 9.92. The number of benzene rings is 1. The first-order chi connectivity index (χ1) is 12.1. The second-order valence-corrected chi connectivity index (χ2v) is 7.13. The molecule has 1 amide bonds. The lowest BCUT2D eigenvalue weighted by Crippen LogP contribution is -2.50. The Labute approximate surface area is 147 Å². The molecule has 2 aromatic rings. The quantitative estimate of drug-likeness (QED) is 0.864. The molecule has 1 aromatic carbocycles. The molecule has 3 heterocycles. The Morgan fingerprint density at radius 2 is 2.08 bits per heavy atom. The SMILES string of the molecule is CN1CC[C@H](O)[C@H](C(=O)N2CCc3[nH]nc(-c4ccccc4)c3C2)C1. The molecule has 2 atom stereocenters. The predicted octanol–water partition coefficient (Wildman–Crippen LogP) is 1.27. The number of piperidine rings is 1. The Balaban J connectivity index is 1.56. The number of aliphatic hydroxyl groups is 1. The van der Waals surface area contributed by atoms with Crippen LogP contribution in [0.25, 0.3) is 11.3 Å². The van der Waals surface area contributed by atoms with Gasteiger partial charge in [-0.15, -0.1) is 0 Å². The van der Waals surface area contributed by atoms with E-state index in [0.29, 0.717) is 26.1 Å². The molecule has 132 valence electrons. The molecule has 0 radical (unpaired) electrons. The van der Waals surface area contributed by atoms with Crippen LogP contribution >= 0.6 is 0 Å². The van der Waals surface area contributed by atoms with E-state index in [0.717, 1.165) is 35.5 Å².